The van der Waals surface area contributed by atoms with E-state index in [0.717, 1.165) is 4.31 Å². The summed E-state index contributed by atoms with van der Waals surface area (Å²) in [4.78, 5) is 10.7. The molecule has 0 radical (unpaired) electrons. The Morgan fingerprint density at radius 2 is 2.24 bits per heavy atom. The van der Waals surface area contributed by atoms with E-state index in [2.05, 4.69) is 0 Å². The van der Waals surface area contributed by atoms with Crippen LogP contribution < -0.4 is 0 Å². The minimum atomic E-state index is -3.55. The number of carbonyl (C=O) groups is 1. The summed E-state index contributed by atoms with van der Waals surface area (Å²) in [5, 5.41) is 8.14. The molecule has 1 fully saturated rings. The Kier molecular flexibility index (Phi) is 5.35. The van der Waals surface area contributed by atoms with Gasteiger partial charge in [-0.2, -0.15) is 4.31 Å². The van der Waals surface area contributed by atoms with E-state index in [1.165, 1.54) is 0 Å². The van der Waals surface area contributed by atoms with Gasteiger partial charge in [0.2, 0.25) is 10.0 Å². The van der Waals surface area contributed by atoms with Crippen LogP contribution >= 0.6 is 0 Å². The Bertz CT molecular complexity index is 348. The molecule has 0 aromatic rings. The molecule has 0 bridgehead atoms. The second-order valence-corrected chi connectivity index (χ2v) is 6.32. The Morgan fingerprint density at radius 3 is 2.71 bits per heavy atom. The second-order valence-electron chi connectivity index (χ2n) is 4.11. The van der Waals surface area contributed by atoms with E-state index in [1.807, 2.05) is 6.92 Å². The van der Waals surface area contributed by atoms with Crippen LogP contribution in [-0.4, -0.2) is 55.4 Å². The summed E-state index contributed by atoms with van der Waals surface area (Å²) >= 11 is 0. The van der Waals surface area contributed by atoms with E-state index >= 15 is 0 Å². The maximum absolute atomic E-state index is 12.2. The lowest BCUT2D eigenvalue weighted by Crippen LogP contribution is -2.45. The number of sulfonamides is 1. The van der Waals surface area contributed by atoms with Crippen LogP contribution in [0, 0.1) is 0 Å². The third-order valence-electron chi connectivity index (χ3n) is 2.68. The number of ether oxygens (including phenoxy) is 1. The molecule has 0 aliphatic carbocycles. The molecule has 1 N–H and O–H groups in total. The number of aliphatic carboxylic acids is 1. The fourth-order valence-corrected chi connectivity index (χ4v) is 3.74. The minimum Gasteiger partial charge on any atom is -0.480 e. The molecule has 6 nitrogen and oxygen atoms in total. The Balaban J connectivity index is 2.78. The summed E-state index contributed by atoms with van der Waals surface area (Å²) < 4.78 is 30.6. The summed E-state index contributed by atoms with van der Waals surface area (Å²) in [5.74, 6) is -1.13. The van der Waals surface area contributed by atoms with Gasteiger partial charge in [-0.3, -0.25) is 4.79 Å². The van der Waals surface area contributed by atoms with Crippen LogP contribution in [0.3, 0.4) is 0 Å². The van der Waals surface area contributed by atoms with Gasteiger partial charge in [0.1, 0.15) is 6.54 Å². The number of hydrogen-bond donors (Lipinski definition) is 1. The number of carboxylic acids is 1. The highest BCUT2D eigenvalue weighted by Crippen LogP contribution is 2.18. The SMILES string of the molecule is CCCN(CC(=O)O)S(=O)(=O)C1CCCOC1. The standard InChI is InChI=1S/C10H19NO5S/c1-2-5-11(7-10(12)13)17(14,15)9-4-3-6-16-8-9/h9H,2-8H2,1H3,(H,12,13). The van der Waals surface area contributed by atoms with Gasteiger partial charge < -0.3 is 9.84 Å². The monoisotopic (exact) mass is 265 g/mol. The van der Waals surface area contributed by atoms with Crippen molar-refractivity contribution in [3.8, 4) is 0 Å². The van der Waals surface area contributed by atoms with Gasteiger partial charge in [-0.05, 0) is 19.3 Å². The third kappa shape index (κ3) is 3.93. The third-order valence-corrected chi connectivity index (χ3v) is 4.93. The molecule has 0 amide bonds. The lowest BCUT2D eigenvalue weighted by Gasteiger charge is -2.28. The van der Waals surface area contributed by atoms with Crippen molar-refractivity contribution in [3.63, 3.8) is 0 Å². The normalized spacial score (nSPS) is 21.6. The highest BCUT2D eigenvalue weighted by Gasteiger charge is 2.34. The van der Waals surface area contributed by atoms with Crippen molar-refractivity contribution in [3.05, 3.63) is 0 Å². The smallest absolute Gasteiger partial charge is 0.318 e. The molecule has 1 aliphatic heterocycles. The van der Waals surface area contributed by atoms with Crippen LogP contribution in [0.4, 0.5) is 0 Å². The average molecular weight is 265 g/mol. The Hall–Kier alpha value is -0.660. The quantitative estimate of drug-likeness (QED) is 0.746. The lowest BCUT2D eigenvalue weighted by molar-refractivity contribution is -0.137. The van der Waals surface area contributed by atoms with Gasteiger partial charge in [-0.25, -0.2) is 8.42 Å². The number of hydrogen-bond acceptors (Lipinski definition) is 4. The topological polar surface area (TPSA) is 83.9 Å². The molecular weight excluding hydrogens is 246 g/mol. The van der Waals surface area contributed by atoms with Crippen molar-refractivity contribution in [1.82, 2.24) is 4.31 Å². The van der Waals surface area contributed by atoms with Gasteiger partial charge in [-0.1, -0.05) is 6.92 Å². The molecule has 1 atom stereocenters. The number of nitrogens with zero attached hydrogens (tertiary/aromatic N) is 1. The molecule has 0 spiro atoms. The second kappa shape index (κ2) is 6.32. The van der Waals surface area contributed by atoms with Crippen LogP contribution in [0.1, 0.15) is 26.2 Å². The van der Waals surface area contributed by atoms with E-state index in [4.69, 9.17) is 9.84 Å². The first-order valence-corrected chi connectivity index (χ1v) is 7.27. The van der Waals surface area contributed by atoms with Gasteiger partial charge in [-0.15, -0.1) is 0 Å². The Labute approximate surface area is 102 Å². The van der Waals surface area contributed by atoms with Crippen LogP contribution in [0.5, 0.6) is 0 Å². The predicted octanol–water partition coefficient (Wildman–Crippen LogP) is 0.292. The predicted molar refractivity (Wildman–Crippen MR) is 62.3 cm³/mol. The van der Waals surface area contributed by atoms with Gasteiger partial charge in [0.25, 0.3) is 0 Å². The van der Waals surface area contributed by atoms with Crippen molar-refractivity contribution < 1.29 is 23.1 Å². The maximum Gasteiger partial charge on any atom is 0.318 e. The minimum absolute atomic E-state index is 0.169. The van der Waals surface area contributed by atoms with Crippen LogP contribution in [0.25, 0.3) is 0 Å². The van der Waals surface area contributed by atoms with Crippen molar-refractivity contribution >= 4 is 16.0 Å². The zero-order valence-electron chi connectivity index (χ0n) is 9.96. The fraction of sp³-hybridized carbons (Fsp3) is 0.900. The van der Waals surface area contributed by atoms with Gasteiger partial charge >= 0.3 is 5.97 Å². The largest absolute Gasteiger partial charge is 0.480 e. The van der Waals surface area contributed by atoms with Crippen LogP contribution in [0.15, 0.2) is 0 Å². The first kappa shape index (κ1) is 14.4. The van der Waals surface area contributed by atoms with Crippen molar-refractivity contribution in [2.24, 2.45) is 0 Å². The highest BCUT2D eigenvalue weighted by molar-refractivity contribution is 7.89. The highest BCUT2D eigenvalue weighted by atomic mass is 32.2. The molecule has 1 aliphatic rings. The van der Waals surface area contributed by atoms with E-state index in [1.54, 1.807) is 0 Å². The molecule has 1 unspecified atom stereocenters. The molecule has 1 heterocycles. The summed E-state index contributed by atoms with van der Waals surface area (Å²) in [7, 11) is -3.55. The van der Waals surface area contributed by atoms with E-state index < -0.39 is 27.8 Å². The van der Waals surface area contributed by atoms with Crippen LogP contribution in [-0.2, 0) is 19.6 Å². The number of rotatable bonds is 6. The zero-order valence-corrected chi connectivity index (χ0v) is 10.8. The average Bonchev–Trinajstić information content (AvgIpc) is 2.29. The Morgan fingerprint density at radius 1 is 1.53 bits per heavy atom. The van der Waals surface area contributed by atoms with Gasteiger partial charge in [0.15, 0.2) is 0 Å². The molecule has 1 rings (SSSR count). The molecule has 7 heteroatoms. The van der Waals surface area contributed by atoms with Gasteiger partial charge in [0, 0.05) is 13.2 Å². The van der Waals surface area contributed by atoms with E-state index in [9.17, 15) is 13.2 Å². The van der Waals surface area contributed by atoms with Crippen molar-refractivity contribution in [2.75, 3.05) is 26.3 Å². The van der Waals surface area contributed by atoms with Crippen molar-refractivity contribution in [2.45, 2.75) is 31.4 Å². The summed E-state index contributed by atoms with van der Waals surface area (Å²) in [6, 6.07) is 0. The molecule has 17 heavy (non-hydrogen) atoms. The molecule has 1 saturated heterocycles. The summed E-state index contributed by atoms with van der Waals surface area (Å²) in [6.45, 7) is 2.35. The fourth-order valence-electron chi connectivity index (χ4n) is 1.85. The molecule has 0 aromatic heterocycles. The summed E-state index contributed by atoms with van der Waals surface area (Å²) in [6.07, 6.45) is 1.85. The van der Waals surface area contributed by atoms with Gasteiger partial charge in [0.05, 0.1) is 11.9 Å². The lowest BCUT2D eigenvalue weighted by atomic mass is 10.2. The van der Waals surface area contributed by atoms with Crippen molar-refractivity contribution in [1.29, 1.82) is 0 Å². The van der Waals surface area contributed by atoms with E-state index in [0.29, 0.717) is 25.9 Å². The maximum atomic E-state index is 12.2. The van der Waals surface area contributed by atoms with Crippen LogP contribution in [0.2, 0.25) is 0 Å². The molecule has 0 aromatic carbocycles. The zero-order chi connectivity index (χ0) is 12.9. The first-order chi connectivity index (χ1) is 7.98. The first-order valence-electron chi connectivity index (χ1n) is 5.77. The summed E-state index contributed by atoms with van der Waals surface area (Å²) in [5.41, 5.74) is 0. The molecular formula is C10H19NO5S. The molecule has 0 saturated carbocycles. The molecule has 100 valence electrons. The van der Waals surface area contributed by atoms with E-state index in [-0.39, 0.29) is 13.2 Å². The number of carboxylic acid groups (broad SMARTS) is 1.